The van der Waals surface area contributed by atoms with Gasteiger partial charge in [-0.05, 0) is 25.5 Å². The third-order valence-corrected chi connectivity index (χ3v) is 1.77. The Hall–Kier alpha value is -0.960. The van der Waals surface area contributed by atoms with Crippen LogP contribution < -0.4 is 11.1 Å². The van der Waals surface area contributed by atoms with Crippen molar-refractivity contribution in [2.75, 3.05) is 18.4 Å². The van der Waals surface area contributed by atoms with Gasteiger partial charge in [0.25, 0.3) is 0 Å². The molecule has 1 unspecified atom stereocenters. The molecule has 3 N–H and O–H groups in total. The molecule has 3 nitrogen and oxygen atoms in total. The first kappa shape index (κ1) is 9.13. The second kappa shape index (κ2) is 4.16. The molecular formula is C9H16N2O. The highest BCUT2D eigenvalue weighted by atomic mass is 16.4. The van der Waals surface area contributed by atoms with Crippen LogP contribution in [0.15, 0.2) is 16.5 Å². The second-order valence-corrected chi connectivity index (χ2v) is 3.13. The van der Waals surface area contributed by atoms with Gasteiger partial charge in [0.05, 0.1) is 0 Å². The van der Waals surface area contributed by atoms with Crippen molar-refractivity contribution >= 4 is 5.88 Å². The van der Waals surface area contributed by atoms with Gasteiger partial charge >= 0.3 is 0 Å². The largest absolute Gasteiger partial charge is 0.446 e. The summed E-state index contributed by atoms with van der Waals surface area (Å²) in [6, 6.07) is 3.87. The first-order chi connectivity index (χ1) is 5.72. The number of nitrogens with one attached hydrogen (secondary N) is 1. The van der Waals surface area contributed by atoms with E-state index in [-0.39, 0.29) is 0 Å². The summed E-state index contributed by atoms with van der Waals surface area (Å²) >= 11 is 0. The zero-order valence-electron chi connectivity index (χ0n) is 7.63. The van der Waals surface area contributed by atoms with Crippen LogP contribution in [0.4, 0.5) is 5.88 Å². The minimum absolute atomic E-state index is 0.482. The standard InChI is InChI=1S/C9H16N2O/c1-7(5-10)6-11-9-4-3-8(2)12-9/h3-4,7,11H,5-6,10H2,1-2H3. The summed E-state index contributed by atoms with van der Waals surface area (Å²) in [4.78, 5) is 0. The van der Waals surface area contributed by atoms with Gasteiger partial charge in [-0.3, -0.25) is 0 Å². The Balaban J connectivity index is 2.33. The van der Waals surface area contributed by atoms with Crippen molar-refractivity contribution < 1.29 is 4.42 Å². The molecular weight excluding hydrogens is 152 g/mol. The van der Waals surface area contributed by atoms with E-state index in [1.54, 1.807) is 0 Å². The molecule has 0 saturated carbocycles. The predicted octanol–water partition coefficient (Wildman–Crippen LogP) is 1.59. The van der Waals surface area contributed by atoms with E-state index in [0.717, 1.165) is 18.2 Å². The van der Waals surface area contributed by atoms with Crippen LogP contribution in [0.5, 0.6) is 0 Å². The second-order valence-electron chi connectivity index (χ2n) is 3.13. The molecule has 0 aliphatic carbocycles. The van der Waals surface area contributed by atoms with Crippen molar-refractivity contribution in [3.63, 3.8) is 0 Å². The van der Waals surface area contributed by atoms with Crippen molar-refractivity contribution in [1.29, 1.82) is 0 Å². The maximum Gasteiger partial charge on any atom is 0.193 e. The van der Waals surface area contributed by atoms with Crippen molar-refractivity contribution in [3.8, 4) is 0 Å². The summed E-state index contributed by atoms with van der Waals surface area (Å²) in [6.07, 6.45) is 0. The van der Waals surface area contributed by atoms with E-state index in [1.807, 2.05) is 19.1 Å². The summed E-state index contributed by atoms with van der Waals surface area (Å²) in [6.45, 7) is 5.59. The summed E-state index contributed by atoms with van der Waals surface area (Å²) in [5.41, 5.74) is 5.47. The molecule has 1 aromatic heterocycles. The van der Waals surface area contributed by atoms with Crippen LogP contribution in [0.3, 0.4) is 0 Å². The number of furan rings is 1. The van der Waals surface area contributed by atoms with Crippen LogP contribution in [-0.4, -0.2) is 13.1 Å². The molecule has 0 saturated heterocycles. The molecule has 0 aromatic carbocycles. The quantitative estimate of drug-likeness (QED) is 0.718. The molecule has 12 heavy (non-hydrogen) atoms. The third kappa shape index (κ3) is 2.58. The van der Waals surface area contributed by atoms with Gasteiger partial charge in [0.1, 0.15) is 5.76 Å². The number of anilines is 1. The van der Waals surface area contributed by atoms with E-state index >= 15 is 0 Å². The van der Waals surface area contributed by atoms with Crippen LogP contribution in [0.25, 0.3) is 0 Å². The van der Waals surface area contributed by atoms with E-state index in [2.05, 4.69) is 12.2 Å². The fourth-order valence-corrected chi connectivity index (χ4v) is 0.888. The molecule has 0 amide bonds. The van der Waals surface area contributed by atoms with Gasteiger partial charge in [0.15, 0.2) is 5.88 Å². The zero-order chi connectivity index (χ0) is 8.97. The fraction of sp³-hybridized carbons (Fsp3) is 0.556. The molecule has 3 heteroatoms. The Morgan fingerprint density at radius 3 is 2.83 bits per heavy atom. The lowest BCUT2D eigenvalue weighted by molar-refractivity contribution is 0.535. The first-order valence-corrected chi connectivity index (χ1v) is 4.22. The van der Waals surface area contributed by atoms with Gasteiger partial charge in [-0.25, -0.2) is 0 Å². The lowest BCUT2D eigenvalue weighted by Crippen LogP contribution is -2.19. The number of rotatable bonds is 4. The molecule has 1 aromatic rings. The van der Waals surface area contributed by atoms with Gasteiger partial charge in [-0.2, -0.15) is 0 Å². The van der Waals surface area contributed by atoms with Crippen LogP contribution in [0.1, 0.15) is 12.7 Å². The van der Waals surface area contributed by atoms with E-state index in [0.29, 0.717) is 12.5 Å². The van der Waals surface area contributed by atoms with E-state index < -0.39 is 0 Å². The minimum Gasteiger partial charge on any atom is -0.446 e. The Morgan fingerprint density at radius 2 is 2.33 bits per heavy atom. The average Bonchev–Trinajstić information content (AvgIpc) is 2.47. The zero-order valence-corrected chi connectivity index (χ0v) is 7.63. The van der Waals surface area contributed by atoms with Gasteiger partial charge in [0, 0.05) is 12.6 Å². The van der Waals surface area contributed by atoms with Crippen LogP contribution in [-0.2, 0) is 0 Å². The maximum absolute atomic E-state index is 5.47. The highest BCUT2D eigenvalue weighted by molar-refractivity contribution is 5.31. The Bertz CT molecular complexity index is 232. The Labute approximate surface area is 72.9 Å². The number of hydrogen-bond donors (Lipinski definition) is 2. The van der Waals surface area contributed by atoms with E-state index in [9.17, 15) is 0 Å². The summed E-state index contributed by atoms with van der Waals surface area (Å²) in [5, 5.41) is 3.17. The van der Waals surface area contributed by atoms with Gasteiger partial charge < -0.3 is 15.5 Å². The number of aryl methyl sites for hydroxylation is 1. The first-order valence-electron chi connectivity index (χ1n) is 4.22. The average molecular weight is 168 g/mol. The fourth-order valence-electron chi connectivity index (χ4n) is 0.888. The SMILES string of the molecule is Cc1ccc(NCC(C)CN)o1. The van der Waals surface area contributed by atoms with Gasteiger partial charge in [0.2, 0.25) is 0 Å². The van der Waals surface area contributed by atoms with Crippen LogP contribution >= 0.6 is 0 Å². The molecule has 1 rings (SSSR count). The van der Waals surface area contributed by atoms with E-state index in [4.69, 9.17) is 10.2 Å². The molecule has 0 fully saturated rings. The van der Waals surface area contributed by atoms with E-state index in [1.165, 1.54) is 0 Å². The molecule has 0 spiro atoms. The molecule has 1 atom stereocenters. The topological polar surface area (TPSA) is 51.2 Å². The minimum atomic E-state index is 0.482. The van der Waals surface area contributed by atoms with Crippen molar-refractivity contribution in [1.82, 2.24) is 0 Å². The van der Waals surface area contributed by atoms with Gasteiger partial charge in [-0.1, -0.05) is 6.92 Å². The van der Waals surface area contributed by atoms with Crippen molar-refractivity contribution in [3.05, 3.63) is 17.9 Å². The Kier molecular flexibility index (Phi) is 3.17. The third-order valence-electron chi connectivity index (χ3n) is 1.77. The highest BCUT2D eigenvalue weighted by Crippen LogP contribution is 2.11. The Morgan fingerprint density at radius 1 is 1.58 bits per heavy atom. The molecule has 0 aliphatic heterocycles. The molecule has 0 bridgehead atoms. The number of hydrogen-bond acceptors (Lipinski definition) is 3. The highest BCUT2D eigenvalue weighted by Gasteiger charge is 2.00. The lowest BCUT2D eigenvalue weighted by Gasteiger charge is -2.08. The monoisotopic (exact) mass is 168 g/mol. The summed E-state index contributed by atoms with van der Waals surface area (Å²) < 4.78 is 5.33. The van der Waals surface area contributed by atoms with Crippen molar-refractivity contribution in [2.24, 2.45) is 11.7 Å². The molecule has 1 heterocycles. The normalized spacial score (nSPS) is 12.9. The molecule has 0 radical (unpaired) electrons. The predicted molar refractivity (Wildman–Crippen MR) is 50.2 cm³/mol. The maximum atomic E-state index is 5.47. The molecule has 68 valence electrons. The lowest BCUT2D eigenvalue weighted by atomic mass is 10.2. The smallest absolute Gasteiger partial charge is 0.193 e. The molecule has 0 aliphatic rings. The summed E-state index contributed by atoms with van der Waals surface area (Å²) in [7, 11) is 0. The summed E-state index contributed by atoms with van der Waals surface area (Å²) in [5.74, 6) is 2.24. The van der Waals surface area contributed by atoms with Crippen molar-refractivity contribution in [2.45, 2.75) is 13.8 Å². The number of nitrogens with two attached hydrogens (primary N) is 1. The van der Waals surface area contributed by atoms with Crippen LogP contribution in [0, 0.1) is 12.8 Å². The van der Waals surface area contributed by atoms with Gasteiger partial charge in [-0.15, -0.1) is 0 Å². The van der Waals surface area contributed by atoms with Crippen LogP contribution in [0.2, 0.25) is 0 Å².